The summed E-state index contributed by atoms with van der Waals surface area (Å²) >= 11 is 6.36. The van der Waals surface area contributed by atoms with E-state index in [9.17, 15) is 28.0 Å². The van der Waals surface area contributed by atoms with E-state index in [0.29, 0.717) is 22.5 Å². The number of carbonyl (C=O) groups is 2. The van der Waals surface area contributed by atoms with Gasteiger partial charge < -0.3 is 11.1 Å². The summed E-state index contributed by atoms with van der Waals surface area (Å²) in [6.07, 6.45) is -1.47. The van der Waals surface area contributed by atoms with Crippen LogP contribution in [0.25, 0.3) is 17.1 Å². The molecule has 15 heteroatoms. The molecule has 2 amide bonds. The highest BCUT2D eigenvalue weighted by molar-refractivity contribution is 6.32. The number of nitrogens with two attached hydrogens (primary N) is 1. The third-order valence-electron chi connectivity index (χ3n) is 6.27. The Morgan fingerprint density at radius 2 is 1.88 bits per heavy atom. The van der Waals surface area contributed by atoms with E-state index in [4.69, 9.17) is 17.3 Å². The topological polar surface area (TPSA) is 157 Å². The number of hydrogen-bond donors (Lipinski definition) is 2. The Hall–Kier alpha value is -5.55. The van der Waals surface area contributed by atoms with E-state index in [1.165, 1.54) is 52.1 Å². The van der Waals surface area contributed by atoms with Crippen LogP contribution >= 0.6 is 11.6 Å². The fourth-order valence-corrected chi connectivity index (χ4v) is 4.46. The van der Waals surface area contributed by atoms with Crippen molar-refractivity contribution >= 4 is 29.1 Å². The van der Waals surface area contributed by atoms with Gasteiger partial charge in [0.05, 0.1) is 51.9 Å². The van der Waals surface area contributed by atoms with Crippen LogP contribution in [0.1, 0.15) is 43.2 Å². The molecule has 0 aliphatic carbocycles. The molecule has 0 aliphatic heterocycles. The zero-order valence-electron chi connectivity index (χ0n) is 22.1. The van der Waals surface area contributed by atoms with Crippen molar-refractivity contribution in [2.24, 2.45) is 5.73 Å². The number of nitrogens with zero attached hydrogens (tertiary/aromatic N) is 7. The van der Waals surface area contributed by atoms with Crippen LogP contribution in [-0.4, -0.2) is 41.6 Å². The average molecular weight is 606 g/mol. The summed E-state index contributed by atoms with van der Waals surface area (Å²) in [6, 6.07) is 13.9. The number of carbonyl (C=O) groups excluding carboxylic acids is 2. The Kier molecular flexibility index (Phi) is 7.66. The third-order valence-corrected chi connectivity index (χ3v) is 6.57. The lowest BCUT2D eigenvalue weighted by atomic mass is 10.0. The molecule has 0 radical (unpaired) electrons. The van der Waals surface area contributed by atoms with Gasteiger partial charge in [-0.1, -0.05) is 28.9 Å². The number of nitrogens with one attached hydrogen (secondary N) is 1. The first-order chi connectivity index (χ1) is 20.4. The summed E-state index contributed by atoms with van der Waals surface area (Å²) < 4.78 is 41.4. The minimum Gasteiger partial charge on any atom is -0.366 e. The Labute approximate surface area is 246 Å². The number of benzene rings is 2. The largest absolute Gasteiger partial charge is 0.416 e. The second-order valence-electron chi connectivity index (χ2n) is 9.26. The minimum absolute atomic E-state index is 0.00198. The molecular weight excluding hydrogens is 587 g/mol. The van der Waals surface area contributed by atoms with Crippen molar-refractivity contribution in [2.45, 2.75) is 19.6 Å². The van der Waals surface area contributed by atoms with Crippen LogP contribution in [0.15, 0.2) is 67.0 Å². The lowest BCUT2D eigenvalue weighted by molar-refractivity contribution is -0.137. The lowest BCUT2D eigenvalue weighted by Crippen LogP contribution is -2.22. The van der Waals surface area contributed by atoms with E-state index in [1.807, 2.05) is 6.07 Å². The molecule has 0 atom stereocenters. The van der Waals surface area contributed by atoms with Crippen molar-refractivity contribution in [3.05, 3.63) is 106 Å². The first kappa shape index (κ1) is 29.0. The quantitative estimate of drug-likeness (QED) is 0.270. The molecular formula is C28H19ClF3N9O2. The van der Waals surface area contributed by atoms with Gasteiger partial charge in [0.2, 0.25) is 0 Å². The third kappa shape index (κ3) is 6.07. The van der Waals surface area contributed by atoms with Gasteiger partial charge >= 0.3 is 6.18 Å². The highest BCUT2D eigenvalue weighted by Crippen LogP contribution is 2.31. The summed E-state index contributed by atoms with van der Waals surface area (Å²) in [6.45, 7) is 1.63. The number of primary amides is 1. The maximum absolute atomic E-state index is 13.6. The molecule has 3 aromatic heterocycles. The van der Waals surface area contributed by atoms with Gasteiger partial charge in [-0.3, -0.25) is 9.59 Å². The molecule has 5 aromatic rings. The predicted octanol–water partition coefficient (Wildman–Crippen LogP) is 4.78. The summed E-state index contributed by atoms with van der Waals surface area (Å²) in [7, 11) is 0. The first-order valence-electron chi connectivity index (χ1n) is 12.4. The van der Waals surface area contributed by atoms with Crippen LogP contribution in [0.3, 0.4) is 0 Å². The number of halogens is 4. The second-order valence-corrected chi connectivity index (χ2v) is 9.67. The van der Waals surface area contributed by atoms with Crippen molar-refractivity contribution in [3.63, 3.8) is 0 Å². The number of rotatable bonds is 7. The fraction of sp³-hybridized carbons (Fsp3) is 0.107. The maximum atomic E-state index is 13.6. The van der Waals surface area contributed by atoms with Gasteiger partial charge in [-0.15, -0.1) is 5.10 Å². The van der Waals surface area contributed by atoms with E-state index >= 15 is 0 Å². The summed E-state index contributed by atoms with van der Waals surface area (Å²) in [5, 5.41) is 24.7. The highest BCUT2D eigenvalue weighted by Gasteiger charge is 2.30. The second kappa shape index (κ2) is 11.4. The molecule has 0 saturated heterocycles. The van der Waals surface area contributed by atoms with Crippen molar-refractivity contribution in [1.29, 1.82) is 5.26 Å². The number of amides is 2. The molecule has 216 valence electrons. The smallest absolute Gasteiger partial charge is 0.366 e. The monoisotopic (exact) mass is 605 g/mol. The Morgan fingerprint density at radius 1 is 1.14 bits per heavy atom. The van der Waals surface area contributed by atoms with E-state index < -0.39 is 23.6 Å². The van der Waals surface area contributed by atoms with Crippen LogP contribution in [0, 0.1) is 18.3 Å². The molecule has 0 fully saturated rings. The van der Waals surface area contributed by atoms with Gasteiger partial charge in [0.15, 0.2) is 5.82 Å². The van der Waals surface area contributed by atoms with E-state index in [-0.39, 0.29) is 39.9 Å². The number of nitriles is 1. The lowest BCUT2D eigenvalue weighted by Gasteiger charge is -2.13. The number of aryl methyl sites for hydroxylation is 1. The molecule has 3 heterocycles. The molecule has 5 rings (SSSR count). The van der Waals surface area contributed by atoms with Gasteiger partial charge in [-0.05, 0) is 55.0 Å². The van der Waals surface area contributed by atoms with E-state index in [0.717, 1.165) is 12.1 Å². The summed E-state index contributed by atoms with van der Waals surface area (Å²) in [4.78, 5) is 29.9. The number of anilines is 1. The SMILES string of the molecule is Cc1cc(C#N)cc(C(N)=O)c1NC(=O)c1cc(Cn2cc(-c3ccc(C(F)(F)F)cc3)nn2)nn1-c1ncccc1Cl. The number of alkyl halides is 3. The summed E-state index contributed by atoms with van der Waals surface area (Å²) in [5.41, 5.74) is 6.51. The van der Waals surface area contributed by atoms with Crippen molar-refractivity contribution < 1.29 is 22.8 Å². The Balaban J connectivity index is 1.48. The van der Waals surface area contributed by atoms with Crippen LogP contribution in [0.2, 0.25) is 5.02 Å². The molecule has 0 bridgehead atoms. The minimum atomic E-state index is -4.46. The van der Waals surface area contributed by atoms with Crippen LogP contribution in [0.4, 0.5) is 18.9 Å². The first-order valence-corrected chi connectivity index (χ1v) is 12.8. The van der Waals surface area contributed by atoms with Crippen molar-refractivity contribution in [2.75, 3.05) is 5.32 Å². The predicted molar refractivity (Wildman–Crippen MR) is 148 cm³/mol. The zero-order chi connectivity index (χ0) is 30.9. The summed E-state index contributed by atoms with van der Waals surface area (Å²) in [5.74, 6) is -1.37. The van der Waals surface area contributed by atoms with Gasteiger partial charge in [0, 0.05) is 11.8 Å². The fourth-order valence-electron chi connectivity index (χ4n) is 4.26. The molecule has 2 aromatic carbocycles. The van der Waals surface area contributed by atoms with E-state index in [2.05, 4.69) is 25.7 Å². The number of aromatic nitrogens is 6. The Morgan fingerprint density at radius 3 is 2.53 bits per heavy atom. The van der Waals surface area contributed by atoms with Gasteiger partial charge in [-0.25, -0.2) is 14.3 Å². The highest BCUT2D eigenvalue weighted by atomic mass is 35.5. The molecule has 11 nitrogen and oxygen atoms in total. The van der Waals surface area contributed by atoms with Crippen molar-refractivity contribution in [1.82, 2.24) is 29.8 Å². The van der Waals surface area contributed by atoms with Crippen LogP contribution in [-0.2, 0) is 12.7 Å². The van der Waals surface area contributed by atoms with Crippen molar-refractivity contribution in [3.8, 4) is 23.1 Å². The Bertz CT molecular complexity index is 1910. The van der Waals surface area contributed by atoms with Gasteiger partial charge in [0.25, 0.3) is 11.8 Å². The van der Waals surface area contributed by atoms with Crippen LogP contribution in [0.5, 0.6) is 0 Å². The molecule has 0 spiro atoms. The maximum Gasteiger partial charge on any atom is 0.416 e. The standard InChI is InChI=1S/C28H19ClF3N9O2/c1-15-9-16(12-33)10-20(25(34)42)24(15)36-27(43)23-11-19(38-41(23)26-21(29)3-2-8-35-26)13-40-14-22(37-39-40)17-4-6-18(7-5-17)28(30,31)32/h2-11,14H,13H2,1H3,(H2,34,42)(H,36,43). The molecule has 0 aliphatic rings. The molecule has 3 N–H and O–H groups in total. The number of pyridine rings is 1. The normalized spacial score (nSPS) is 11.3. The van der Waals surface area contributed by atoms with Crippen LogP contribution < -0.4 is 11.1 Å². The zero-order valence-corrected chi connectivity index (χ0v) is 22.9. The molecule has 0 unspecified atom stereocenters. The van der Waals surface area contributed by atoms with Gasteiger partial charge in [-0.2, -0.15) is 23.5 Å². The average Bonchev–Trinajstić information content (AvgIpc) is 3.61. The molecule has 0 saturated carbocycles. The number of hydrogen-bond acceptors (Lipinski definition) is 7. The van der Waals surface area contributed by atoms with Gasteiger partial charge in [0.1, 0.15) is 11.4 Å². The van der Waals surface area contributed by atoms with E-state index in [1.54, 1.807) is 19.1 Å². The molecule has 43 heavy (non-hydrogen) atoms.